The molecule has 3 aromatic rings. The molecule has 0 saturated heterocycles. The lowest BCUT2D eigenvalue weighted by Gasteiger charge is -2.21. The minimum Gasteiger partial charge on any atom is -0.341 e. The highest BCUT2D eigenvalue weighted by Crippen LogP contribution is 2.25. The van der Waals surface area contributed by atoms with Crippen molar-refractivity contribution in [1.82, 2.24) is 5.32 Å². The first-order valence-electron chi connectivity index (χ1n) is 9.23. The zero-order valence-corrected chi connectivity index (χ0v) is 17.5. The predicted molar refractivity (Wildman–Crippen MR) is 114 cm³/mol. The van der Waals surface area contributed by atoms with Crippen LogP contribution in [0.4, 0.5) is 0 Å². The van der Waals surface area contributed by atoms with Crippen LogP contribution in [0.1, 0.15) is 44.2 Å². The average molecular weight is 409 g/mol. The van der Waals surface area contributed by atoms with E-state index in [1.165, 1.54) is 17.7 Å². The summed E-state index contributed by atoms with van der Waals surface area (Å²) in [6.07, 6.45) is 0. The Bertz CT molecular complexity index is 1160. The van der Waals surface area contributed by atoms with E-state index in [0.717, 1.165) is 16.7 Å². The maximum Gasteiger partial charge on any atom is 0.252 e. The predicted octanol–water partition coefficient (Wildman–Crippen LogP) is 3.78. The van der Waals surface area contributed by atoms with Gasteiger partial charge in [0.2, 0.25) is 10.0 Å². The monoisotopic (exact) mass is 408 g/mol. The van der Waals surface area contributed by atoms with Crippen LogP contribution in [-0.2, 0) is 10.0 Å². The molecular weight excluding hydrogens is 384 g/mol. The summed E-state index contributed by atoms with van der Waals surface area (Å²) in [5, 5.41) is 8.29. The standard InChI is InChI=1S/C23H24N2O3S/c1-15-9-11-19(13-17(15)3)22(18-7-5-4-6-8-18)25-23(26)21-14-20(29(24,27)28)12-10-16(21)2/h4-14,22H,1-3H3,(H,25,26)(H2,24,27,28)/t22-/m0/s1. The molecule has 29 heavy (non-hydrogen) atoms. The second-order valence-electron chi connectivity index (χ2n) is 7.18. The zero-order chi connectivity index (χ0) is 21.2. The topological polar surface area (TPSA) is 89.3 Å². The fourth-order valence-electron chi connectivity index (χ4n) is 3.18. The van der Waals surface area contributed by atoms with Crippen LogP contribution in [0.2, 0.25) is 0 Å². The molecule has 0 spiro atoms. The number of benzene rings is 3. The van der Waals surface area contributed by atoms with Gasteiger partial charge in [-0.15, -0.1) is 0 Å². The number of hydrogen-bond acceptors (Lipinski definition) is 3. The molecule has 3 N–H and O–H groups in total. The van der Waals surface area contributed by atoms with E-state index in [-0.39, 0.29) is 22.4 Å². The van der Waals surface area contributed by atoms with Crippen molar-refractivity contribution in [2.24, 2.45) is 5.14 Å². The van der Waals surface area contributed by atoms with E-state index in [1.807, 2.05) is 56.3 Å². The first-order valence-corrected chi connectivity index (χ1v) is 10.8. The van der Waals surface area contributed by atoms with Crippen molar-refractivity contribution in [2.75, 3.05) is 0 Å². The first kappa shape index (κ1) is 20.8. The van der Waals surface area contributed by atoms with Gasteiger partial charge in [-0.2, -0.15) is 0 Å². The van der Waals surface area contributed by atoms with Gasteiger partial charge < -0.3 is 5.32 Å². The maximum absolute atomic E-state index is 13.1. The van der Waals surface area contributed by atoms with E-state index in [4.69, 9.17) is 5.14 Å². The highest BCUT2D eigenvalue weighted by Gasteiger charge is 2.21. The summed E-state index contributed by atoms with van der Waals surface area (Å²) in [5.74, 6) is -0.361. The molecule has 0 radical (unpaired) electrons. The molecular formula is C23H24N2O3S. The van der Waals surface area contributed by atoms with Gasteiger partial charge in [0.25, 0.3) is 5.91 Å². The number of carbonyl (C=O) groups is 1. The van der Waals surface area contributed by atoms with Gasteiger partial charge >= 0.3 is 0 Å². The second-order valence-corrected chi connectivity index (χ2v) is 8.74. The Kier molecular flexibility index (Phi) is 5.86. The summed E-state index contributed by atoms with van der Waals surface area (Å²) >= 11 is 0. The van der Waals surface area contributed by atoms with E-state index < -0.39 is 10.0 Å². The molecule has 5 nitrogen and oxygen atoms in total. The quantitative estimate of drug-likeness (QED) is 0.673. The number of carbonyl (C=O) groups excluding carboxylic acids is 1. The number of aryl methyl sites for hydroxylation is 3. The van der Waals surface area contributed by atoms with Gasteiger partial charge in [0, 0.05) is 5.56 Å². The third kappa shape index (κ3) is 4.72. The molecule has 1 atom stereocenters. The van der Waals surface area contributed by atoms with Gasteiger partial charge in [-0.1, -0.05) is 54.6 Å². The van der Waals surface area contributed by atoms with Gasteiger partial charge in [0.1, 0.15) is 0 Å². The van der Waals surface area contributed by atoms with Crippen LogP contribution < -0.4 is 10.5 Å². The van der Waals surface area contributed by atoms with Crippen LogP contribution in [0, 0.1) is 20.8 Å². The fourth-order valence-corrected chi connectivity index (χ4v) is 3.72. The first-order chi connectivity index (χ1) is 13.7. The Balaban J connectivity index is 2.03. The minimum atomic E-state index is -3.90. The molecule has 3 aromatic carbocycles. The van der Waals surface area contributed by atoms with Gasteiger partial charge in [0.05, 0.1) is 10.9 Å². The van der Waals surface area contributed by atoms with E-state index in [9.17, 15) is 13.2 Å². The van der Waals surface area contributed by atoms with Crippen molar-refractivity contribution in [2.45, 2.75) is 31.7 Å². The van der Waals surface area contributed by atoms with Crippen LogP contribution in [0.5, 0.6) is 0 Å². The summed E-state index contributed by atoms with van der Waals surface area (Å²) in [7, 11) is -3.90. The Morgan fingerprint density at radius 2 is 1.48 bits per heavy atom. The smallest absolute Gasteiger partial charge is 0.252 e. The summed E-state index contributed by atoms with van der Waals surface area (Å²) in [5.41, 5.74) is 5.13. The normalized spacial score (nSPS) is 12.4. The number of amides is 1. The molecule has 3 rings (SSSR count). The lowest BCUT2D eigenvalue weighted by Crippen LogP contribution is -2.30. The Hall–Kier alpha value is -2.96. The molecule has 1 amide bonds. The molecule has 0 fully saturated rings. The van der Waals surface area contributed by atoms with E-state index in [2.05, 4.69) is 11.4 Å². The van der Waals surface area contributed by atoms with Crippen LogP contribution in [0.3, 0.4) is 0 Å². The number of primary sulfonamides is 1. The van der Waals surface area contributed by atoms with Crippen molar-refractivity contribution < 1.29 is 13.2 Å². The van der Waals surface area contributed by atoms with Gasteiger partial charge in [-0.3, -0.25) is 4.79 Å². The Morgan fingerprint density at radius 1 is 0.828 bits per heavy atom. The van der Waals surface area contributed by atoms with E-state index in [0.29, 0.717) is 5.56 Å². The molecule has 0 unspecified atom stereocenters. The molecule has 0 aliphatic heterocycles. The van der Waals surface area contributed by atoms with Gasteiger partial charge in [0.15, 0.2) is 0 Å². The summed E-state index contributed by atoms with van der Waals surface area (Å²) in [4.78, 5) is 13.0. The molecule has 0 heterocycles. The highest BCUT2D eigenvalue weighted by atomic mass is 32.2. The molecule has 0 bridgehead atoms. The molecule has 0 aromatic heterocycles. The molecule has 0 aliphatic rings. The number of nitrogens with two attached hydrogens (primary N) is 1. The maximum atomic E-state index is 13.1. The zero-order valence-electron chi connectivity index (χ0n) is 16.6. The van der Waals surface area contributed by atoms with Gasteiger partial charge in [-0.05, 0) is 60.7 Å². The van der Waals surface area contributed by atoms with Crippen LogP contribution >= 0.6 is 0 Å². The number of sulfonamides is 1. The van der Waals surface area contributed by atoms with Crippen LogP contribution in [0.15, 0.2) is 71.6 Å². The van der Waals surface area contributed by atoms with Crippen molar-refractivity contribution in [3.8, 4) is 0 Å². The van der Waals surface area contributed by atoms with Crippen molar-refractivity contribution in [3.63, 3.8) is 0 Å². The molecule has 0 aliphatic carbocycles. The Labute approximate surface area is 171 Å². The summed E-state index contributed by atoms with van der Waals surface area (Å²) in [6, 6.07) is 19.7. The van der Waals surface area contributed by atoms with Crippen LogP contribution in [0.25, 0.3) is 0 Å². The largest absolute Gasteiger partial charge is 0.341 e. The van der Waals surface area contributed by atoms with Crippen molar-refractivity contribution >= 4 is 15.9 Å². The summed E-state index contributed by atoms with van der Waals surface area (Å²) in [6.45, 7) is 5.83. The molecule has 6 heteroatoms. The lowest BCUT2D eigenvalue weighted by atomic mass is 9.95. The number of nitrogens with one attached hydrogen (secondary N) is 1. The van der Waals surface area contributed by atoms with Gasteiger partial charge in [-0.25, -0.2) is 13.6 Å². The summed E-state index contributed by atoms with van der Waals surface area (Å²) < 4.78 is 23.4. The van der Waals surface area contributed by atoms with Crippen molar-refractivity contribution in [1.29, 1.82) is 0 Å². The SMILES string of the molecule is Cc1ccc([C@@H](NC(=O)c2cc(S(N)(=O)=O)ccc2C)c2ccccc2)cc1C. The fraction of sp³-hybridized carbons (Fsp3) is 0.174. The highest BCUT2D eigenvalue weighted by molar-refractivity contribution is 7.89. The van der Waals surface area contributed by atoms with E-state index >= 15 is 0 Å². The number of rotatable bonds is 5. The third-order valence-corrected chi connectivity index (χ3v) is 5.97. The van der Waals surface area contributed by atoms with E-state index in [1.54, 1.807) is 13.0 Å². The third-order valence-electron chi connectivity index (χ3n) is 5.05. The minimum absolute atomic E-state index is 0.0873. The Morgan fingerprint density at radius 3 is 2.10 bits per heavy atom. The molecule has 0 saturated carbocycles. The van der Waals surface area contributed by atoms with Crippen LogP contribution in [-0.4, -0.2) is 14.3 Å². The lowest BCUT2D eigenvalue weighted by molar-refractivity contribution is 0.0942. The molecule has 150 valence electrons. The van der Waals surface area contributed by atoms with Crippen molar-refractivity contribution in [3.05, 3.63) is 100 Å². The number of hydrogen-bond donors (Lipinski definition) is 2. The average Bonchev–Trinajstić information content (AvgIpc) is 2.68. The second kappa shape index (κ2) is 8.19.